The lowest BCUT2D eigenvalue weighted by Crippen LogP contribution is -2.38. The monoisotopic (exact) mass is 193 g/mol. The second kappa shape index (κ2) is 6.66. The molecule has 1 aliphatic heterocycles. The molecule has 0 aromatic heterocycles. The number of ether oxygens (including phenoxy) is 2. The lowest BCUT2D eigenvalue weighted by Gasteiger charge is -2.26. The second-order valence-corrected chi connectivity index (χ2v) is 3.13. The van der Waals surface area contributed by atoms with Crippen molar-refractivity contribution in [3.8, 4) is 0 Å². The maximum Gasteiger partial charge on any atom is 0.0602 e. The van der Waals surface area contributed by atoms with Crippen LogP contribution in [0.1, 0.15) is 0 Å². The van der Waals surface area contributed by atoms with Gasteiger partial charge in [-0.05, 0) is 0 Å². The second-order valence-electron chi connectivity index (χ2n) is 2.76. The molecule has 0 bridgehead atoms. The lowest BCUT2D eigenvalue weighted by atomic mass is 10.4. The number of morpholine rings is 1. The van der Waals surface area contributed by atoms with Gasteiger partial charge >= 0.3 is 0 Å². The Morgan fingerprint density at radius 2 is 2.00 bits per heavy atom. The van der Waals surface area contributed by atoms with Crippen LogP contribution in [-0.2, 0) is 9.47 Å². The fraction of sp³-hybridized carbons (Fsp3) is 1.00. The zero-order valence-electron chi connectivity index (χ0n) is 7.30. The molecule has 0 N–H and O–H groups in total. The van der Waals surface area contributed by atoms with Crippen LogP contribution in [0.15, 0.2) is 0 Å². The van der Waals surface area contributed by atoms with E-state index in [0.717, 1.165) is 39.5 Å². The molecular weight excluding hydrogens is 178 g/mol. The highest BCUT2D eigenvalue weighted by molar-refractivity contribution is 6.17. The molecule has 0 aromatic carbocycles. The summed E-state index contributed by atoms with van der Waals surface area (Å²) in [5.41, 5.74) is 0. The molecule has 3 nitrogen and oxygen atoms in total. The summed E-state index contributed by atoms with van der Waals surface area (Å²) < 4.78 is 10.5. The summed E-state index contributed by atoms with van der Waals surface area (Å²) >= 11 is 5.46. The van der Waals surface area contributed by atoms with Gasteiger partial charge < -0.3 is 9.47 Å². The van der Waals surface area contributed by atoms with Crippen molar-refractivity contribution >= 4 is 11.6 Å². The van der Waals surface area contributed by atoms with Gasteiger partial charge in [-0.2, -0.15) is 0 Å². The fourth-order valence-corrected chi connectivity index (χ4v) is 1.28. The third-order valence-electron chi connectivity index (χ3n) is 1.88. The molecular formula is C8H16ClNO2. The molecule has 0 unspecified atom stereocenters. The van der Waals surface area contributed by atoms with E-state index in [-0.39, 0.29) is 0 Å². The van der Waals surface area contributed by atoms with E-state index in [1.54, 1.807) is 0 Å². The predicted octanol–water partition coefficient (Wildman–Crippen LogP) is 0.574. The van der Waals surface area contributed by atoms with Gasteiger partial charge in [-0.15, -0.1) is 11.6 Å². The highest BCUT2D eigenvalue weighted by Gasteiger charge is 2.08. The smallest absolute Gasteiger partial charge is 0.0602 e. The molecule has 0 aromatic rings. The van der Waals surface area contributed by atoms with Crippen molar-refractivity contribution in [2.24, 2.45) is 0 Å². The number of hydrogen-bond donors (Lipinski definition) is 0. The largest absolute Gasteiger partial charge is 0.379 e. The molecule has 0 atom stereocenters. The Kier molecular flexibility index (Phi) is 5.69. The van der Waals surface area contributed by atoms with E-state index in [1.807, 2.05) is 0 Å². The van der Waals surface area contributed by atoms with E-state index in [1.165, 1.54) is 0 Å². The summed E-state index contributed by atoms with van der Waals surface area (Å²) in [5.74, 6) is 0.586. The van der Waals surface area contributed by atoms with Crippen molar-refractivity contribution in [1.29, 1.82) is 0 Å². The Bertz CT molecular complexity index is 107. The van der Waals surface area contributed by atoms with Gasteiger partial charge in [-0.3, -0.25) is 4.90 Å². The summed E-state index contributed by atoms with van der Waals surface area (Å²) in [4.78, 5) is 2.34. The Morgan fingerprint density at radius 1 is 1.25 bits per heavy atom. The van der Waals surface area contributed by atoms with Crippen LogP contribution in [0.2, 0.25) is 0 Å². The quantitative estimate of drug-likeness (QED) is 0.471. The summed E-state index contributed by atoms with van der Waals surface area (Å²) in [6, 6.07) is 0. The van der Waals surface area contributed by atoms with E-state index in [9.17, 15) is 0 Å². The molecule has 0 amide bonds. The minimum atomic E-state index is 0.586. The maximum absolute atomic E-state index is 5.46. The molecule has 1 saturated heterocycles. The maximum atomic E-state index is 5.46. The summed E-state index contributed by atoms with van der Waals surface area (Å²) in [7, 11) is 0. The topological polar surface area (TPSA) is 21.7 Å². The summed E-state index contributed by atoms with van der Waals surface area (Å²) in [6.45, 7) is 6.22. The molecule has 4 heteroatoms. The first-order valence-corrected chi connectivity index (χ1v) is 4.91. The van der Waals surface area contributed by atoms with Crippen molar-refractivity contribution in [1.82, 2.24) is 4.90 Å². The molecule has 12 heavy (non-hydrogen) atoms. The Balaban J connectivity index is 1.91. The predicted molar refractivity (Wildman–Crippen MR) is 48.8 cm³/mol. The van der Waals surface area contributed by atoms with Gasteiger partial charge in [0.1, 0.15) is 0 Å². The molecule has 1 rings (SSSR count). The zero-order valence-corrected chi connectivity index (χ0v) is 8.05. The van der Waals surface area contributed by atoms with Gasteiger partial charge in [0, 0.05) is 25.5 Å². The normalized spacial score (nSPS) is 19.8. The van der Waals surface area contributed by atoms with Gasteiger partial charge in [0.2, 0.25) is 0 Å². The van der Waals surface area contributed by atoms with E-state index in [0.29, 0.717) is 12.5 Å². The van der Waals surface area contributed by atoms with Crippen LogP contribution >= 0.6 is 11.6 Å². The van der Waals surface area contributed by atoms with Crippen molar-refractivity contribution in [2.45, 2.75) is 0 Å². The first-order chi connectivity index (χ1) is 5.93. The zero-order chi connectivity index (χ0) is 8.65. The van der Waals surface area contributed by atoms with Crippen LogP contribution in [0.4, 0.5) is 0 Å². The van der Waals surface area contributed by atoms with Crippen LogP contribution in [0.3, 0.4) is 0 Å². The van der Waals surface area contributed by atoms with Crippen molar-refractivity contribution in [3.05, 3.63) is 0 Å². The van der Waals surface area contributed by atoms with E-state index in [2.05, 4.69) is 4.90 Å². The van der Waals surface area contributed by atoms with Gasteiger partial charge in [0.25, 0.3) is 0 Å². The number of alkyl halides is 1. The summed E-state index contributed by atoms with van der Waals surface area (Å²) in [6.07, 6.45) is 0. The molecule has 1 heterocycles. The minimum absolute atomic E-state index is 0.586. The number of rotatable bonds is 5. The summed E-state index contributed by atoms with van der Waals surface area (Å²) in [5, 5.41) is 0. The molecule has 72 valence electrons. The molecule has 1 aliphatic rings. The Morgan fingerprint density at radius 3 is 2.67 bits per heavy atom. The van der Waals surface area contributed by atoms with Gasteiger partial charge in [0.15, 0.2) is 0 Å². The van der Waals surface area contributed by atoms with Crippen LogP contribution in [0.25, 0.3) is 0 Å². The average Bonchev–Trinajstić information content (AvgIpc) is 2.14. The van der Waals surface area contributed by atoms with Crippen LogP contribution in [-0.4, -0.2) is 56.8 Å². The van der Waals surface area contributed by atoms with Crippen molar-refractivity contribution < 1.29 is 9.47 Å². The molecule has 1 fully saturated rings. The molecule has 0 radical (unpaired) electrons. The number of halogens is 1. The SMILES string of the molecule is ClCCOCCN1CCOCC1. The van der Waals surface area contributed by atoms with Gasteiger partial charge in [-0.25, -0.2) is 0 Å². The van der Waals surface area contributed by atoms with Crippen molar-refractivity contribution in [3.63, 3.8) is 0 Å². The van der Waals surface area contributed by atoms with E-state index in [4.69, 9.17) is 21.1 Å². The number of nitrogens with zero attached hydrogens (tertiary/aromatic N) is 1. The van der Waals surface area contributed by atoms with Crippen LogP contribution in [0, 0.1) is 0 Å². The third kappa shape index (κ3) is 4.26. The Labute approximate surface area is 78.6 Å². The fourth-order valence-electron chi connectivity index (χ4n) is 1.18. The molecule has 0 saturated carbocycles. The van der Waals surface area contributed by atoms with E-state index < -0.39 is 0 Å². The third-order valence-corrected chi connectivity index (χ3v) is 2.03. The van der Waals surface area contributed by atoms with Crippen LogP contribution in [0.5, 0.6) is 0 Å². The first-order valence-electron chi connectivity index (χ1n) is 4.37. The van der Waals surface area contributed by atoms with Crippen molar-refractivity contribution in [2.75, 3.05) is 51.9 Å². The van der Waals surface area contributed by atoms with Gasteiger partial charge in [-0.1, -0.05) is 0 Å². The Hall–Kier alpha value is 0.170. The van der Waals surface area contributed by atoms with Gasteiger partial charge in [0.05, 0.1) is 26.4 Å². The lowest BCUT2D eigenvalue weighted by molar-refractivity contribution is 0.0221. The highest BCUT2D eigenvalue weighted by Crippen LogP contribution is 1.95. The number of hydrogen-bond acceptors (Lipinski definition) is 3. The molecule has 0 aliphatic carbocycles. The highest BCUT2D eigenvalue weighted by atomic mass is 35.5. The average molecular weight is 194 g/mol. The standard InChI is InChI=1S/C8H16ClNO2/c9-1-5-11-6-2-10-3-7-12-8-4-10/h1-8H2. The molecule has 0 spiro atoms. The van der Waals surface area contributed by atoms with Crippen LogP contribution < -0.4 is 0 Å². The first kappa shape index (κ1) is 10.3. The minimum Gasteiger partial charge on any atom is -0.379 e. The van der Waals surface area contributed by atoms with E-state index >= 15 is 0 Å².